The molecule has 84 valence electrons. The second kappa shape index (κ2) is 5.27. The number of carboxylic acids is 1. The number of rotatable bonds is 5. The number of ether oxygens (including phenoxy) is 1. The standard InChI is InChI=1S/C7H8O7S/c1-2-7(15(11,12)13)14-6(10)4-3-5(8)9/h2-4,7H,1H2,(H,8,9)(H,11,12,13)/b4-3-. The van der Waals surface area contributed by atoms with Crippen molar-refractivity contribution in [3.8, 4) is 0 Å². The lowest BCUT2D eigenvalue weighted by molar-refractivity contribution is -0.139. The number of esters is 1. The molecule has 7 nitrogen and oxygen atoms in total. The Morgan fingerprint density at radius 1 is 1.33 bits per heavy atom. The summed E-state index contributed by atoms with van der Waals surface area (Å²) in [6.07, 6.45) is 1.65. The van der Waals surface area contributed by atoms with Crippen LogP contribution in [0.3, 0.4) is 0 Å². The predicted octanol–water partition coefficient (Wildman–Crippen LogP) is -0.430. The highest BCUT2D eigenvalue weighted by Crippen LogP contribution is 2.02. The SMILES string of the molecule is C=CC(OC(=O)/C=C\C(=O)O)S(=O)(=O)O. The fraction of sp³-hybridized carbons (Fsp3) is 0.143. The quantitative estimate of drug-likeness (QED) is 0.288. The molecule has 0 saturated heterocycles. The minimum absolute atomic E-state index is 0.465. The van der Waals surface area contributed by atoms with Crippen molar-refractivity contribution in [3.63, 3.8) is 0 Å². The number of hydrogen-bond donors (Lipinski definition) is 2. The highest BCUT2D eigenvalue weighted by Gasteiger charge is 2.22. The van der Waals surface area contributed by atoms with Crippen LogP contribution in [0.1, 0.15) is 0 Å². The van der Waals surface area contributed by atoms with E-state index in [0.717, 1.165) is 0 Å². The highest BCUT2D eigenvalue weighted by atomic mass is 32.2. The minimum atomic E-state index is -4.59. The Labute approximate surface area is 85.4 Å². The van der Waals surface area contributed by atoms with Gasteiger partial charge in [-0.2, -0.15) is 8.42 Å². The molecule has 0 aromatic heterocycles. The maximum Gasteiger partial charge on any atom is 0.332 e. The fourth-order valence-electron chi connectivity index (χ4n) is 0.524. The topological polar surface area (TPSA) is 118 Å². The number of hydrogen-bond acceptors (Lipinski definition) is 5. The van der Waals surface area contributed by atoms with Gasteiger partial charge in [-0.3, -0.25) is 4.55 Å². The summed E-state index contributed by atoms with van der Waals surface area (Å²) < 4.78 is 33.7. The molecule has 0 saturated carbocycles. The molecule has 8 heteroatoms. The van der Waals surface area contributed by atoms with E-state index < -0.39 is 27.5 Å². The van der Waals surface area contributed by atoms with E-state index in [9.17, 15) is 18.0 Å². The molecule has 1 unspecified atom stereocenters. The third-order valence-electron chi connectivity index (χ3n) is 1.08. The van der Waals surface area contributed by atoms with Gasteiger partial charge in [0, 0.05) is 12.2 Å². The summed E-state index contributed by atoms with van der Waals surface area (Å²) in [5.74, 6) is -2.62. The average Bonchev–Trinajstić information content (AvgIpc) is 2.08. The van der Waals surface area contributed by atoms with Gasteiger partial charge in [-0.25, -0.2) is 9.59 Å². The van der Waals surface area contributed by atoms with Gasteiger partial charge in [0.15, 0.2) is 0 Å². The first-order valence-electron chi connectivity index (χ1n) is 3.48. The van der Waals surface area contributed by atoms with Gasteiger partial charge in [-0.1, -0.05) is 6.58 Å². The zero-order valence-electron chi connectivity index (χ0n) is 7.36. The molecule has 0 spiro atoms. The Morgan fingerprint density at radius 3 is 2.20 bits per heavy atom. The van der Waals surface area contributed by atoms with Gasteiger partial charge in [0.2, 0.25) is 5.44 Å². The van der Waals surface area contributed by atoms with E-state index in [1.54, 1.807) is 0 Å². The van der Waals surface area contributed by atoms with Gasteiger partial charge >= 0.3 is 22.1 Å². The van der Waals surface area contributed by atoms with Crippen LogP contribution in [0.4, 0.5) is 0 Å². The zero-order valence-corrected chi connectivity index (χ0v) is 8.18. The van der Waals surface area contributed by atoms with E-state index in [2.05, 4.69) is 11.3 Å². The van der Waals surface area contributed by atoms with Crippen molar-refractivity contribution >= 4 is 22.1 Å². The molecular formula is C7H8O7S. The number of aliphatic carboxylic acids is 1. The van der Waals surface area contributed by atoms with Crippen molar-refractivity contribution < 1.29 is 32.4 Å². The zero-order chi connectivity index (χ0) is 12.1. The maximum absolute atomic E-state index is 10.8. The molecule has 0 bridgehead atoms. The lowest BCUT2D eigenvalue weighted by atomic mass is 10.5. The number of carbonyl (C=O) groups excluding carboxylic acids is 1. The van der Waals surface area contributed by atoms with Crippen LogP contribution in [0.2, 0.25) is 0 Å². The first-order chi connectivity index (χ1) is 6.77. The Bertz CT molecular complexity index is 392. The minimum Gasteiger partial charge on any atom is -0.478 e. The first-order valence-corrected chi connectivity index (χ1v) is 4.98. The summed E-state index contributed by atoms with van der Waals surface area (Å²) in [7, 11) is -4.59. The molecule has 1 atom stereocenters. The molecule has 0 fully saturated rings. The summed E-state index contributed by atoms with van der Waals surface area (Å²) in [5, 5.41) is 8.13. The van der Waals surface area contributed by atoms with Crippen LogP contribution < -0.4 is 0 Å². The molecule has 0 aliphatic carbocycles. The van der Waals surface area contributed by atoms with Crippen LogP contribution in [0.25, 0.3) is 0 Å². The van der Waals surface area contributed by atoms with Crippen molar-refractivity contribution in [2.24, 2.45) is 0 Å². The van der Waals surface area contributed by atoms with Gasteiger partial charge in [0.1, 0.15) is 0 Å². The molecule has 0 aromatic rings. The lowest BCUT2D eigenvalue weighted by Crippen LogP contribution is -2.24. The van der Waals surface area contributed by atoms with Crippen LogP contribution in [0.15, 0.2) is 24.8 Å². The summed E-state index contributed by atoms with van der Waals surface area (Å²) in [6.45, 7) is 3.02. The van der Waals surface area contributed by atoms with Gasteiger partial charge in [0.05, 0.1) is 0 Å². The molecule has 0 aliphatic heterocycles. The van der Waals surface area contributed by atoms with E-state index in [4.69, 9.17) is 9.66 Å². The fourth-order valence-corrected chi connectivity index (χ4v) is 0.983. The summed E-state index contributed by atoms with van der Waals surface area (Å²) in [5.41, 5.74) is -1.91. The van der Waals surface area contributed by atoms with E-state index in [1.807, 2.05) is 0 Å². The van der Waals surface area contributed by atoms with Crippen molar-refractivity contribution in [1.29, 1.82) is 0 Å². The molecule has 0 amide bonds. The molecule has 15 heavy (non-hydrogen) atoms. The largest absolute Gasteiger partial charge is 0.478 e. The van der Waals surface area contributed by atoms with Crippen molar-refractivity contribution in [3.05, 3.63) is 24.8 Å². The van der Waals surface area contributed by atoms with Crippen molar-refractivity contribution in [1.82, 2.24) is 0 Å². The molecule has 0 heterocycles. The normalized spacial score (nSPS) is 13.4. The average molecular weight is 236 g/mol. The molecule has 0 rings (SSSR count). The van der Waals surface area contributed by atoms with E-state index in [1.165, 1.54) is 0 Å². The summed E-state index contributed by atoms with van der Waals surface area (Å²) >= 11 is 0. The molecule has 2 N–H and O–H groups in total. The molecular weight excluding hydrogens is 228 g/mol. The first kappa shape index (κ1) is 13.3. The van der Waals surface area contributed by atoms with Crippen LogP contribution >= 0.6 is 0 Å². The number of carbonyl (C=O) groups is 2. The Hall–Kier alpha value is -1.67. The van der Waals surface area contributed by atoms with Gasteiger partial charge < -0.3 is 9.84 Å². The monoisotopic (exact) mass is 236 g/mol. The maximum atomic E-state index is 10.8. The highest BCUT2D eigenvalue weighted by molar-refractivity contribution is 7.86. The van der Waals surface area contributed by atoms with Gasteiger partial charge in [0.25, 0.3) is 0 Å². The molecule has 0 aromatic carbocycles. The Morgan fingerprint density at radius 2 is 1.87 bits per heavy atom. The smallest absolute Gasteiger partial charge is 0.332 e. The second-order valence-corrected chi connectivity index (χ2v) is 3.72. The second-order valence-electron chi connectivity index (χ2n) is 2.23. The van der Waals surface area contributed by atoms with Crippen LogP contribution in [-0.2, 0) is 24.4 Å². The third kappa shape index (κ3) is 5.60. The molecule has 0 radical (unpaired) electrons. The van der Waals surface area contributed by atoms with E-state index >= 15 is 0 Å². The van der Waals surface area contributed by atoms with Gasteiger partial charge in [-0.15, -0.1) is 0 Å². The Balaban J connectivity index is 4.53. The van der Waals surface area contributed by atoms with Gasteiger partial charge in [-0.05, 0) is 6.08 Å². The van der Waals surface area contributed by atoms with Crippen LogP contribution in [0.5, 0.6) is 0 Å². The summed E-state index contributed by atoms with van der Waals surface area (Å²) in [4.78, 5) is 20.7. The predicted molar refractivity (Wildman–Crippen MR) is 48.4 cm³/mol. The van der Waals surface area contributed by atoms with Crippen molar-refractivity contribution in [2.75, 3.05) is 0 Å². The Kier molecular flexibility index (Phi) is 4.68. The molecule has 0 aliphatic rings. The van der Waals surface area contributed by atoms with Crippen molar-refractivity contribution in [2.45, 2.75) is 5.44 Å². The van der Waals surface area contributed by atoms with E-state index in [0.29, 0.717) is 18.2 Å². The summed E-state index contributed by atoms with van der Waals surface area (Å²) in [6, 6.07) is 0. The van der Waals surface area contributed by atoms with E-state index in [-0.39, 0.29) is 0 Å². The third-order valence-corrected chi connectivity index (χ3v) is 1.96. The van der Waals surface area contributed by atoms with Crippen LogP contribution in [-0.4, -0.2) is 35.5 Å². The van der Waals surface area contributed by atoms with Crippen LogP contribution in [0, 0.1) is 0 Å². The lowest BCUT2D eigenvalue weighted by Gasteiger charge is -2.08. The number of carboxylic acid groups (broad SMARTS) is 1.